The van der Waals surface area contributed by atoms with Crippen LogP contribution in [0.25, 0.3) is 11.1 Å². The molecule has 0 unspecified atom stereocenters. The van der Waals surface area contributed by atoms with E-state index in [1.165, 1.54) is 18.2 Å². The highest BCUT2D eigenvalue weighted by Crippen LogP contribution is 2.24. The number of nitrogens with one attached hydrogen (secondary N) is 1. The molecule has 1 aromatic heterocycles. The van der Waals surface area contributed by atoms with Crippen molar-refractivity contribution >= 4 is 0 Å². The molecule has 2 N–H and O–H groups in total. The first-order valence-corrected chi connectivity index (χ1v) is 5.80. The average molecular weight is 274 g/mol. The number of nitrogens with zero attached hydrogens (tertiary/aromatic N) is 1. The van der Waals surface area contributed by atoms with Gasteiger partial charge in [0, 0.05) is 13.0 Å². The molecule has 0 saturated carbocycles. The SMILES string of the molecule is C#CCCn1c(O)c(-c2cccc(F)c2)c(=O)[nH]c1=O. The average Bonchev–Trinajstić information content (AvgIpc) is 2.38. The van der Waals surface area contributed by atoms with E-state index < -0.39 is 22.9 Å². The van der Waals surface area contributed by atoms with Gasteiger partial charge in [-0.15, -0.1) is 12.3 Å². The number of aromatic nitrogens is 2. The number of H-pyrrole nitrogens is 1. The van der Waals surface area contributed by atoms with Gasteiger partial charge in [0.1, 0.15) is 11.4 Å². The Hall–Kier alpha value is -2.81. The van der Waals surface area contributed by atoms with Crippen LogP contribution in [-0.2, 0) is 6.54 Å². The molecule has 0 amide bonds. The molecule has 0 saturated heterocycles. The molecule has 6 heteroatoms. The normalized spacial score (nSPS) is 10.2. The van der Waals surface area contributed by atoms with Crippen LogP contribution < -0.4 is 11.2 Å². The van der Waals surface area contributed by atoms with Crippen LogP contribution in [0.15, 0.2) is 33.9 Å². The van der Waals surface area contributed by atoms with Crippen LogP contribution in [0.2, 0.25) is 0 Å². The zero-order chi connectivity index (χ0) is 14.7. The van der Waals surface area contributed by atoms with Gasteiger partial charge in [0.2, 0.25) is 5.88 Å². The lowest BCUT2D eigenvalue weighted by Gasteiger charge is -2.10. The molecule has 0 aliphatic rings. The number of rotatable bonds is 3. The predicted molar refractivity (Wildman–Crippen MR) is 71.8 cm³/mol. The first-order valence-electron chi connectivity index (χ1n) is 5.80. The zero-order valence-corrected chi connectivity index (χ0v) is 10.4. The summed E-state index contributed by atoms with van der Waals surface area (Å²) >= 11 is 0. The maximum absolute atomic E-state index is 13.2. The van der Waals surface area contributed by atoms with Crippen LogP contribution in [0.5, 0.6) is 5.88 Å². The molecule has 2 aromatic rings. The van der Waals surface area contributed by atoms with Gasteiger partial charge >= 0.3 is 5.69 Å². The molecule has 0 atom stereocenters. The standard InChI is InChI=1S/C14H11FN2O3/c1-2-3-7-17-13(19)11(12(18)16-14(17)20)9-5-4-6-10(15)8-9/h1,4-6,8,19H,3,7H2,(H,16,18,20). The molecule has 0 radical (unpaired) electrons. The van der Waals surface area contributed by atoms with Gasteiger partial charge in [-0.05, 0) is 17.7 Å². The van der Waals surface area contributed by atoms with E-state index in [0.29, 0.717) is 0 Å². The summed E-state index contributed by atoms with van der Waals surface area (Å²) in [6.45, 7) is 0.0558. The van der Waals surface area contributed by atoms with Gasteiger partial charge in [-0.2, -0.15) is 0 Å². The lowest BCUT2D eigenvalue weighted by molar-refractivity contribution is 0.404. The fourth-order valence-electron chi connectivity index (χ4n) is 1.85. The minimum absolute atomic E-state index is 0.0558. The van der Waals surface area contributed by atoms with Crippen molar-refractivity contribution in [3.63, 3.8) is 0 Å². The number of hydrogen-bond donors (Lipinski definition) is 2. The fourth-order valence-corrected chi connectivity index (χ4v) is 1.85. The van der Waals surface area contributed by atoms with Gasteiger partial charge in [-0.3, -0.25) is 14.3 Å². The first kappa shape index (κ1) is 13.6. The van der Waals surface area contributed by atoms with Gasteiger partial charge in [-0.25, -0.2) is 9.18 Å². The van der Waals surface area contributed by atoms with Crippen molar-refractivity contribution in [3.05, 3.63) is 50.9 Å². The summed E-state index contributed by atoms with van der Waals surface area (Å²) in [5, 5.41) is 10.1. The second kappa shape index (κ2) is 5.45. The molecule has 102 valence electrons. The van der Waals surface area contributed by atoms with Crippen molar-refractivity contribution in [3.8, 4) is 29.4 Å². The molecule has 0 bridgehead atoms. The Kier molecular flexibility index (Phi) is 3.71. The highest BCUT2D eigenvalue weighted by molar-refractivity contribution is 5.67. The highest BCUT2D eigenvalue weighted by Gasteiger charge is 2.15. The van der Waals surface area contributed by atoms with Crippen molar-refractivity contribution < 1.29 is 9.50 Å². The third kappa shape index (κ3) is 2.47. The molecule has 1 heterocycles. The van der Waals surface area contributed by atoms with Gasteiger partial charge < -0.3 is 5.11 Å². The number of hydrogen-bond acceptors (Lipinski definition) is 3. The number of halogens is 1. The summed E-state index contributed by atoms with van der Waals surface area (Å²) in [6.07, 6.45) is 5.32. The van der Waals surface area contributed by atoms with E-state index in [0.717, 1.165) is 10.6 Å². The highest BCUT2D eigenvalue weighted by atomic mass is 19.1. The topological polar surface area (TPSA) is 75.1 Å². The Bertz CT molecular complexity index is 799. The van der Waals surface area contributed by atoms with Crippen molar-refractivity contribution in [2.45, 2.75) is 13.0 Å². The quantitative estimate of drug-likeness (QED) is 0.822. The third-order valence-electron chi connectivity index (χ3n) is 2.76. The Balaban J connectivity index is 2.68. The molecule has 0 spiro atoms. The van der Waals surface area contributed by atoms with Crippen molar-refractivity contribution in [1.29, 1.82) is 0 Å². The molecular formula is C14H11FN2O3. The lowest BCUT2D eigenvalue weighted by Crippen LogP contribution is -2.31. The minimum atomic E-state index is -0.782. The number of terminal acetylenes is 1. The maximum Gasteiger partial charge on any atom is 0.331 e. The second-order valence-corrected chi connectivity index (χ2v) is 4.07. The van der Waals surface area contributed by atoms with Crippen LogP contribution in [0.1, 0.15) is 6.42 Å². The Morgan fingerprint density at radius 1 is 1.40 bits per heavy atom. The number of aromatic hydroxyl groups is 1. The maximum atomic E-state index is 13.2. The smallest absolute Gasteiger partial charge is 0.331 e. The van der Waals surface area contributed by atoms with Crippen molar-refractivity contribution in [2.75, 3.05) is 0 Å². The van der Waals surface area contributed by atoms with Crippen molar-refractivity contribution in [2.24, 2.45) is 0 Å². The van der Waals surface area contributed by atoms with Crippen LogP contribution >= 0.6 is 0 Å². The first-order chi connectivity index (χ1) is 9.54. The van der Waals surface area contributed by atoms with E-state index in [4.69, 9.17) is 6.42 Å². The summed E-state index contributed by atoms with van der Waals surface area (Å²) in [5.74, 6) is 1.25. The van der Waals surface area contributed by atoms with Crippen LogP contribution in [0.3, 0.4) is 0 Å². The third-order valence-corrected chi connectivity index (χ3v) is 2.76. The van der Waals surface area contributed by atoms with Gasteiger partial charge in [0.05, 0.1) is 0 Å². The van der Waals surface area contributed by atoms with Gasteiger partial charge in [-0.1, -0.05) is 12.1 Å². The van der Waals surface area contributed by atoms with Gasteiger partial charge in [0.25, 0.3) is 5.56 Å². The lowest BCUT2D eigenvalue weighted by atomic mass is 10.1. The molecule has 0 fully saturated rings. The molecule has 0 aliphatic carbocycles. The summed E-state index contributed by atoms with van der Waals surface area (Å²) in [6, 6.07) is 5.17. The van der Waals surface area contributed by atoms with E-state index >= 15 is 0 Å². The van der Waals surface area contributed by atoms with E-state index in [1.54, 1.807) is 0 Å². The largest absolute Gasteiger partial charge is 0.494 e. The number of benzene rings is 1. The Morgan fingerprint density at radius 3 is 2.80 bits per heavy atom. The number of aromatic amines is 1. The Morgan fingerprint density at radius 2 is 2.15 bits per heavy atom. The monoisotopic (exact) mass is 274 g/mol. The Labute approximate surface area is 113 Å². The van der Waals surface area contributed by atoms with Crippen LogP contribution in [-0.4, -0.2) is 14.7 Å². The minimum Gasteiger partial charge on any atom is -0.494 e. The molecule has 20 heavy (non-hydrogen) atoms. The molecule has 0 aliphatic heterocycles. The van der Waals surface area contributed by atoms with E-state index in [2.05, 4.69) is 10.9 Å². The fraction of sp³-hybridized carbons (Fsp3) is 0.143. The summed E-state index contributed by atoms with van der Waals surface area (Å²) in [5.41, 5.74) is -1.53. The predicted octanol–water partition coefficient (Wildman–Crippen LogP) is 1.07. The zero-order valence-electron chi connectivity index (χ0n) is 10.4. The van der Waals surface area contributed by atoms with E-state index in [-0.39, 0.29) is 24.1 Å². The van der Waals surface area contributed by atoms with E-state index in [1.807, 2.05) is 0 Å². The van der Waals surface area contributed by atoms with Gasteiger partial charge in [0.15, 0.2) is 0 Å². The van der Waals surface area contributed by atoms with Crippen molar-refractivity contribution in [1.82, 2.24) is 9.55 Å². The van der Waals surface area contributed by atoms with Crippen LogP contribution in [0.4, 0.5) is 4.39 Å². The summed E-state index contributed by atoms with van der Waals surface area (Å²) in [7, 11) is 0. The van der Waals surface area contributed by atoms with E-state index in [9.17, 15) is 19.1 Å². The summed E-state index contributed by atoms with van der Waals surface area (Å²) < 4.78 is 14.2. The molecule has 5 nitrogen and oxygen atoms in total. The summed E-state index contributed by atoms with van der Waals surface area (Å²) in [4.78, 5) is 25.5. The second-order valence-electron chi connectivity index (χ2n) is 4.07. The molecule has 2 rings (SSSR count). The van der Waals surface area contributed by atoms with Crippen LogP contribution in [0, 0.1) is 18.2 Å². The molecule has 1 aromatic carbocycles. The molecular weight excluding hydrogens is 263 g/mol.